The fourth-order valence-electron chi connectivity index (χ4n) is 1.50. The maximum absolute atomic E-state index is 13.4. The quantitative estimate of drug-likeness (QED) is 0.832. The average molecular weight is 246 g/mol. The molecule has 0 atom stereocenters. The minimum atomic E-state index is -0.208. The molecule has 1 N–H and O–H groups in total. The molecule has 0 unspecified atom stereocenters. The Balaban J connectivity index is 2.44. The van der Waals surface area contributed by atoms with E-state index in [1.807, 2.05) is 7.05 Å². The first-order valence-corrected chi connectivity index (χ1v) is 5.74. The Morgan fingerprint density at radius 2 is 2.12 bits per heavy atom. The maximum atomic E-state index is 13.4. The second-order valence-corrected chi connectivity index (χ2v) is 4.30. The van der Waals surface area contributed by atoms with Gasteiger partial charge in [-0.3, -0.25) is 0 Å². The minimum Gasteiger partial charge on any atom is -0.396 e. The van der Waals surface area contributed by atoms with Crippen molar-refractivity contribution in [2.45, 2.75) is 12.8 Å². The Morgan fingerprint density at radius 3 is 2.81 bits per heavy atom. The molecule has 0 aliphatic heterocycles. The summed E-state index contributed by atoms with van der Waals surface area (Å²) in [6.07, 6.45) is 1.38. The van der Waals surface area contributed by atoms with Crippen LogP contribution in [0.15, 0.2) is 18.2 Å². The fraction of sp³-hybridized carbons (Fsp3) is 0.500. The van der Waals surface area contributed by atoms with Crippen molar-refractivity contribution in [3.63, 3.8) is 0 Å². The van der Waals surface area contributed by atoms with Crippen LogP contribution in [0.2, 0.25) is 5.02 Å². The van der Waals surface area contributed by atoms with Crippen molar-refractivity contribution in [3.05, 3.63) is 34.6 Å². The molecule has 0 saturated carbocycles. The van der Waals surface area contributed by atoms with Crippen LogP contribution >= 0.6 is 11.6 Å². The SMILES string of the molecule is CN(CCCO)CCc1cc(Cl)ccc1F. The van der Waals surface area contributed by atoms with Gasteiger partial charge in [0.25, 0.3) is 0 Å². The number of aliphatic hydroxyl groups is 1. The van der Waals surface area contributed by atoms with Gasteiger partial charge in [0.15, 0.2) is 0 Å². The summed E-state index contributed by atoms with van der Waals surface area (Å²) in [5.41, 5.74) is 0.642. The molecule has 0 bridgehead atoms. The maximum Gasteiger partial charge on any atom is 0.126 e. The molecule has 0 heterocycles. The first-order valence-electron chi connectivity index (χ1n) is 5.37. The van der Waals surface area contributed by atoms with Crippen LogP contribution in [0.25, 0.3) is 0 Å². The molecule has 16 heavy (non-hydrogen) atoms. The van der Waals surface area contributed by atoms with Crippen molar-refractivity contribution in [2.75, 3.05) is 26.7 Å². The molecule has 0 aliphatic rings. The smallest absolute Gasteiger partial charge is 0.126 e. The van der Waals surface area contributed by atoms with Gasteiger partial charge in [-0.2, -0.15) is 0 Å². The molecule has 90 valence electrons. The van der Waals surface area contributed by atoms with Crippen LogP contribution in [-0.2, 0) is 6.42 Å². The van der Waals surface area contributed by atoms with Gasteiger partial charge in [0.1, 0.15) is 5.82 Å². The molecular formula is C12H17ClFNO. The minimum absolute atomic E-state index is 0.190. The van der Waals surface area contributed by atoms with Crippen LogP contribution in [-0.4, -0.2) is 36.8 Å². The Labute approximate surface area is 101 Å². The Morgan fingerprint density at radius 1 is 1.38 bits per heavy atom. The zero-order valence-electron chi connectivity index (χ0n) is 9.42. The topological polar surface area (TPSA) is 23.5 Å². The van der Waals surface area contributed by atoms with Crippen LogP contribution in [0.1, 0.15) is 12.0 Å². The summed E-state index contributed by atoms with van der Waals surface area (Å²) in [6.45, 7) is 1.77. The van der Waals surface area contributed by atoms with E-state index in [0.717, 1.165) is 19.5 Å². The lowest BCUT2D eigenvalue weighted by atomic mass is 10.1. The lowest BCUT2D eigenvalue weighted by Crippen LogP contribution is -2.23. The fourth-order valence-corrected chi connectivity index (χ4v) is 1.69. The van der Waals surface area contributed by atoms with Crippen molar-refractivity contribution >= 4 is 11.6 Å². The van der Waals surface area contributed by atoms with E-state index >= 15 is 0 Å². The Hall–Kier alpha value is -0.640. The van der Waals surface area contributed by atoms with Gasteiger partial charge in [-0.25, -0.2) is 4.39 Å². The van der Waals surface area contributed by atoms with E-state index in [0.29, 0.717) is 17.0 Å². The van der Waals surface area contributed by atoms with Gasteiger partial charge in [0.05, 0.1) is 0 Å². The van der Waals surface area contributed by atoms with Gasteiger partial charge < -0.3 is 10.0 Å². The first-order chi connectivity index (χ1) is 7.63. The third kappa shape index (κ3) is 4.47. The summed E-state index contributed by atoms with van der Waals surface area (Å²) in [5, 5.41) is 9.24. The van der Waals surface area contributed by atoms with Crippen molar-refractivity contribution in [2.24, 2.45) is 0 Å². The highest BCUT2D eigenvalue weighted by Crippen LogP contribution is 2.15. The van der Waals surface area contributed by atoms with Crippen LogP contribution < -0.4 is 0 Å². The van der Waals surface area contributed by atoms with Crippen molar-refractivity contribution < 1.29 is 9.50 Å². The van der Waals surface area contributed by atoms with Gasteiger partial charge >= 0.3 is 0 Å². The van der Waals surface area contributed by atoms with Gasteiger partial charge in [0, 0.05) is 24.7 Å². The van der Waals surface area contributed by atoms with Crippen LogP contribution in [0, 0.1) is 5.82 Å². The summed E-state index contributed by atoms with van der Waals surface area (Å²) >= 11 is 5.80. The molecule has 0 aromatic heterocycles. The van der Waals surface area contributed by atoms with Gasteiger partial charge in [-0.15, -0.1) is 0 Å². The Bertz CT molecular complexity index is 333. The molecule has 0 radical (unpaired) electrons. The molecule has 2 nitrogen and oxygen atoms in total. The zero-order chi connectivity index (χ0) is 12.0. The largest absolute Gasteiger partial charge is 0.396 e. The molecule has 4 heteroatoms. The van der Waals surface area contributed by atoms with E-state index in [2.05, 4.69) is 4.90 Å². The van der Waals surface area contributed by atoms with E-state index in [4.69, 9.17) is 16.7 Å². The van der Waals surface area contributed by atoms with Crippen LogP contribution in [0.3, 0.4) is 0 Å². The third-order valence-corrected chi connectivity index (χ3v) is 2.70. The van der Waals surface area contributed by atoms with Crippen molar-refractivity contribution in [3.8, 4) is 0 Å². The van der Waals surface area contributed by atoms with Crippen molar-refractivity contribution in [1.82, 2.24) is 4.90 Å². The second-order valence-electron chi connectivity index (χ2n) is 3.87. The van der Waals surface area contributed by atoms with Crippen molar-refractivity contribution in [1.29, 1.82) is 0 Å². The van der Waals surface area contributed by atoms with E-state index in [9.17, 15) is 4.39 Å². The van der Waals surface area contributed by atoms with Gasteiger partial charge in [-0.05, 0) is 43.7 Å². The molecule has 0 amide bonds. The molecule has 0 aliphatic carbocycles. The van der Waals surface area contributed by atoms with E-state index in [1.54, 1.807) is 12.1 Å². The Kier molecular flexibility index (Phi) is 5.74. The van der Waals surface area contributed by atoms with Crippen LogP contribution in [0.4, 0.5) is 4.39 Å². The molecule has 0 saturated heterocycles. The standard InChI is InChI=1S/C12H17ClFNO/c1-15(6-2-8-16)7-5-10-9-11(13)3-4-12(10)14/h3-4,9,16H,2,5-8H2,1H3. The summed E-state index contributed by atoms with van der Waals surface area (Å²) in [7, 11) is 1.96. The highest BCUT2D eigenvalue weighted by Gasteiger charge is 2.04. The second kappa shape index (κ2) is 6.84. The summed E-state index contributed by atoms with van der Waals surface area (Å²) in [4.78, 5) is 2.07. The number of rotatable bonds is 6. The predicted molar refractivity (Wildman–Crippen MR) is 64.3 cm³/mol. The number of likely N-dealkylation sites (N-methyl/N-ethyl adjacent to an activating group) is 1. The average Bonchev–Trinajstić information content (AvgIpc) is 2.27. The third-order valence-electron chi connectivity index (χ3n) is 2.47. The molecule has 1 aromatic rings. The number of hydrogen-bond acceptors (Lipinski definition) is 2. The zero-order valence-corrected chi connectivity index (χ0v) is 10.2. The molecule has 1 rings (SSSR count). The van der Waals surface area contributed by atoms with E-state index < -0.39 is 0 Å². The van der Waals surface area contributed by atoms with Gasteiger partial charge in [-0.1, -0.05) is 11.6 Å². The molecule has 1 aromatic carbocycles. The highest BCUT2D eigenvalue weighted by molar-refractivity contribution is 6.30. The van der Waals surface area contributed by atoms with E-state index in [1.165, 1.54) is 6.07 Å². The molecule has 0 spiro atoms. The summed E-state index contributed by atoms with van der Waals surface area (Å²) in [6, 6.07) is 4.61. The monoisotopic (exact) mass is 245 g/mol. The highest BCUT2D eigenvalue weighted by atomic mass is 35.5. The summed E-state index contributed by atoms with van der Waals surface area (Å²) in [5.74, 6) is -0.208. The number of benzene rings is 1. The summed E-state index contributed by atoms with van der Waals surface area (Å²) < 4.78 is 13.4. The number of nitrogens with zero attached hydrogens (tertiary/aromatic N) is 1. The van der Waals surface area contributed by atoms with E-state index in [-0.39, 0.29) is 12.4 Å². The lowest BCUT2D eigenvalue weighted by Gasteiger charge is -2.15. The number of halogens is 2. The number of aliphatic hydroxyl groups excluding tert-OH is 1. The molecule has 0 fully saturated rings. The number of hydrogen-bond donors (Lipinski definition) is 1. The first kappa shape index (κ1) is 13.4. The lowest BCUT2D eigenvalue weighted by molar-refractivity contribution is 0.248. The van der Waals surface area contributed by atoms with Gasteiger partial charge in [0.2, 0.25) is 0 Å². The van der Waals surface area contributed by atoms with Crippen LogP contribution in [0.5, 0.6) is 0 Å². The normalized spacial score (nSPS) is 11.1. The molecular weight excluding hydrogens is 229 g/mol. The predicted octanol–water partition coefficient (Wildman–Crippen LogP) is 2.34.